The third-order valence-electron chi connectivity index (χ3n) is 3.64. The Labute approximate surface area is 117 Å². The van der Waals surface area contributed by atoms with Gasteiger partial charge in [0.05, 0.1) is 16.3 Å². The summed E-state index contributed by atoms with van der Waals surface area (Å²) in [6.45, 7) is 0.768. The first-order valence-corrected chi connectivity index (χ1v) is 7.02. The van der Waals surface area contributed by atoms with Gasteiger partial charge in [-0.1, -0.05) is 30.9 Å². The number of halogens is 1. The molecule has 0 amide bonds. The first-order valence-electron chi connectivity index (χ1n) is 6.64. The van der Waals surface area contributed by atoms with Crippen molar-refractivity contribution in [2.45, 2.75) is 32.1 Å². The first kappa shape index (κ1) is 14.0. The van der Waals surface area contributed by atoms with Crippen LogP contribution in [0.3, 0.4) is 0 Å². The van der Waals surface area contributed by atoms with Gasteiger partial charge >= 0.3 is 5.97 Å². The van der Waals surface area contributed by atoms with Crippen LogP contribution in [0.15, 0.2) is 12.1 Å². The van der Waals surface area contributed by atoms with E-state index in [0.29, 0.717) is 22.3 Å². The van der Waals surface area contributed by atoms with Crippen LogP contribution in [0, 0.1) is 5.92 Å². The highest BCUT2D eigenvalue weighted by Crippen LogP contribution is 2.31. The van der Waals surface area contributed by atoms with Gasteiger partial charge in [0.15, 0.2) is 0 Å². The number of anilines is 2. The molecule has 104 valence electrons. The molecule has 2 rings (SSSR count). The lowest BCUT2D eigenvalue weighted by Gasteiger charge is -2.23. The van der Waals surface area contributed by atoms with Gasteiger partial charge < -0.3 is 16.2 Å². The summed E-state index contributed by atoms with van der Waals surface area (Å²) in [7, 11) is 0. The van der Waals surface area contributed by atoms with E-state index in [2.05, 4.69) is 5.32 Å². The largest absolute Gasteiger partial charge is 0.478 e. The number of nitrogens with two attached hydrogens (primary N) is 1. The minimum atomic E-state index is -1.01. The van der Waals surface area contributed by atoms with Crippen LogP contribution in [-0.4, -0.2) is 17.6 Å². The second-order valence-electron chi connectivity index (χ2n) is 5.12. The molecule has 0 aliphatic heterocycles. The molecule has 0 heterocycles. The molecule has 4 nitrogen and oxygen atoms in total. The molecule has 19 heavy (non-hydrogen) atoms. The Hall–Kier alpha value is -1.42. The van der Waals surface area contributed by atoms with Gasteiger partial charge in [-0.2, -0.15) is 0 Å². The van der Waals surface area contributed by atoms with Crippen molar-refractivity contribution >= 4 is 28.9 Å². The SMILES string of the molecule is Nc1cc(Cl)c(NCC2CCCCC2)c(C(=O)O)c1. The molecule has 0 saturated heterocycles. The zero-order valence-electron chi connectivity index (χ0n) is 10.8. The van der Waals surface area contributed by atoms with E-state index in [0.717, 1.165) is 6.54 Å². The summed E-state index contributed by atoms with van der Waals surface area (Å²) in [6, 6.07) is 3.02. The Morgan fingerprint density at radius 3 is 2.68 bits per heavy atom. The highest BCUT2D eigenvalue weighted by molar-refractivity contribution is 6.34. The van der Waals surface area contributed by atoms with Crippen LogP contribution in [0.1, 0.15) is 42.5 Å². The summed E-state index contributed by atoms with van der Waals surface area (Å²) in [5.41, 5.74) is 6.62. The molecular weight excluding hydrogens is 264 g/mol. The summed E-state index contributed by atoms with van der Waals surface area (Å²) >= 11 is 6.09. The summed E-state index contributed by atoms with van der Waals surface area (Å²) in [6.07, 6.45) is 6.21. The third kappa shape index (κ3) is 3.53. The minimum absolute atomic E-state index is 0.140. The molecule has 0 spiro atoms. The number of nitrogens with one attached hydrogen (secondary N) is 1. The van der Waals surface area contributed by atoms with Crippen molar-refractivity contribution in [2.75, 3.05) is 17.6 Å². The molecule has 4 N–H and O–H groups in total. The van der Waals surface area contributed by atoms with Gasteiger partial charge in [0.25, 0.3) is 0 Å². The fraction of sp³-hybridized carbons (Fsp3) is 0.500. The van der Waals surface area contributed by atoms with Crippen molar-refractivity contribution < 1.29 is 9.90 Å². The highest BCUT2D eigenvalue weighted by Gasteiger charge is 2.17. The van der Waals surface area contributed by atoms with Crippen molar-refractivity contribution in [3.05, 3.63) is 22.7 Å². The average Bonchev–Trinajstić information content (AvgIpc) is 2.38. The predicted molar refractivity (Wildman–Crippen MR) is 77.9 cm³/mol. The molecule has 0 bridgehead atoms. The lowest BCUT2D eigenvalue weighted by atomic mass is 9.89. The standard InChI is InChI=1S/C14H19ClN2O2/c15-12-7-10(16)6-11(14(18)19)13(12)17-8-9-4-2-1-3-5-9/h6-7,9,17H,1-5,8,16H2,(H,18,19). The summed E-state index contributed by atoms with van der Waals surface area (Å²) in [5, 5.41) is 12.8. The Morgan fingerprint density at radius 1 is 1.37 bits per heavy atom. The van der Waals surface area contributed by atoms with Crippen LogP contribution >= 0.6 is 11.6 Å². The second kappa shape index (κ2) is 6.15. The smallest absolute Gasteiger partial charge is 0.337 e. The normalized spacial score (nSPS) is 16.3. The zero-order valence-corrected chi connectivity index (χ0v) is 11.5. The number of carboxylic acids is 1. The van der Waals surface area contributed by atoms with Gasteiger partial charge in [0.2, 0.25) is 0 Å². The van der Waals surface area contributed by atoms with E-state index in [9.17, 15) is 9.90 Å². The predicted octanol–water partition coefficient (Wildman–Crippen LogP) is 3.61. The first-order chi connectivity index (χ1) is 9.08. The molecular formula is C14H19ClN2O2. The van der Waals surface area contributed by atoms with Crippen LogP contribution in [0.25, 0.3) is 0 Å². The van der Waals surface area contributed by atoms with Crippen molar-refractivity contribution in [3.8, 4) is 0 Å². The Kier molecular flexibility index (Phi) is 4.53. The number of aromatic carboxylic acids is 1. The van der Waals surface area contributed by atoms with Crippen molar-refractivity contribution in [1.82, 2.24) is 0 Å². The van der Waals surface area contributed by atoms with E-state index in [1.165, 1.54) is 38.2 Å². The Morgan fingerprint density at radius 2 is 2.05 bits per heavy atom. The van der Waals surface area contributed by atoms with Crippen LogP contribution in [0.2, 0.25) is 5.02 Å². The van der Waals surface area contributed by atoms with Crippen LogP contribution in [-0.2, 0) is 0 Å². The van der Waals surface area contributed by atoms with E-state index in [-0.39, 0.29) is 5.56 Å². The summed E-state index contributed by atoms with van der Waals surface area (Å²) < 4.78 is 0. The van der Waals surface area contributed by atoms with Gasteiger partial charge in [-0.3, -0.25) is 0 Å². The molecule has 1 aromatic rings. The maximum absolute atomic E-state index is 11.2. The number of hydrogen-bond acceptors (Lipinski definition) is 3. The van der Waals surface area contributed by atoms with Crippen molar-refractivity contribution in [1.29, 1.82) is 0 Å². The molecule has 1 aliphatic carbocycles. The Balaban J connectivity index is 2.12. The van der Waals surface area contributed by atoms with Crippen molar-refractivity contribution in [3.63, 3.8) is 0 Å². The van der Waals surface area contributed by atoms with E-state index in [1.54, 1.807) is 6.07 Å². The molecule has 1 saturated carbocycles. The van der Waals surface area contributed by atoms with Crippen LogP contribution < -0.4 is 11.1 Å². The monoisotopic (exact) mass is 282 g/mol. The molecule has 5 heteroatoms. The summed E-state index contributed by atoms with van der Waals surface area (Å²) in [4.78, 5) is 11.2. The number of carboxylic acid groups (broad SMARTS) is 1. The third-order valence-corrected chi connectivity index (χ3v) is 3.93. The molecule has 0 atom stereocenters. The van der Waals surface area contributed by atoms with Gasteiger partial charge in [-0.25, -0.2) is 4.79 Å². The Bertz CT molecular complexity index is 471. The lowest BCUT2D eigenvalue weighted by Crippen LogP contribution is -2.18. The molecule has 1 fully saturated rings. The topological polar surface area (TPSA) is 75.3 Å². The number of hydrogen-bond donors (Lipinski definition) is 3. The number of benzene rings is 1. The number of rotatable bonds is 4. The van der Waals surface area contributed by atoms with Gasteiger partial charge in [0.1, 0.15) is 0 Å². The molecule has 1 aromatic carbocycles. The molecule has 1 aliphatic rings. The van der Waals surface area contributed by atoms with Gasteiger partial charge in [-0.15, -0.1) is 0 Å². The second-order valence-corrected chi connectivity index (χ2v) is 5.52. The number of nitrogen functional groups attached to an aromatic ring is 1. The molecule has 0 radical (unpaired) electrons. The summed E-state index contributed by atoms with van der Waals surface area (Å²) in [5.74, 6) is -0.413. The van der Waals surface area contributed by atoms with Crippen LogP contribution in [0.4, 0.5) is 11.4 Å². The van der Waals surface area contributed by atoms with Crippen LogP contribution in [0.5, 0.6) is 0 Å². The van der Waals surface area contributed by atoms with E-state index in [4.69, 9.17) is 17.3 Å². The van der Waals surface area contributed by atoms with E-state index in [1.807, 2.05) is 0 Å². The zero-order chi connectivity index (χ0) is 13.8. The fourth-order valence-corrected chi connectivity index (χ4v) is 2.91. The minimum Gasteiger partial charge on any atom is -0.478 e. The quantitative estimate of drug-likeness (QED) is 0.738. The maximum atomic E-state index is 11.2. The highest BCUT2D eigenvalue weighted by atomic mass is 35.5. The maximum Gasteiger partial charge on any atom is 0.337 e. The number of carbonyl (C=O) groups is 1. The average molecular weight is 283 g/mol. The lowest BCUT2D eigenvalue weighted by molar-refractivity contribution is 0.0698. The van der Waals surface area contributed by atoms with E-state index >= 15 is 0 Å². The van der Waals surface area contributed by atoms with E-state index < -0.39 is 5.97 Å². The molecule has 0 aromatic heterocycles. The van der Waals surface area contributed by atoms with Gasteiger partial charge in [-0.05, 0) is 30.9 Å². The fourth-order valence-electron chi connectivity index (χ4n) is 2.61. The van der Waals surface area contributed by atoms with Gasteiger partial charge in [0, 0.05) is 12.2 Å². The molecule has 0 unspecified atom stereocenters. The van der Waals surface area contributed by atoms with Crippen molar-refractivity contribution in [2.24, 2.45) is 5.92 Å².